The zero-order chi connectivity index (χ0) is 18.8. The van der Waals surface area contributed by atoms with Gasteiger partial charge in [0.1, 0.15) is 11.5 Å². The van der Waals surface area contributed by atoms with Gasteiger partial charge in [-0.3, -0.25) is 4.99 Å². The lowest BCUT2D eigenvalue weighted by Crippen LogP contribution is -2.39. The first-order chi connectivity index (χ1) is 12.7. The third-order valence-electron chi connectivity index (χ3n) is 4.13. The smallest absolute Gasteiger partial charge is 0.191 e. The minimum Gasteiger partial charge on any atom is -0.496 e. The summed E-state index contributed by atoms with van der Waals surface area (Å²) in [6.45, 7) is 4.27. The zero-order valence-corrected chi connectivity index (χ0v) is 18.9. The van der Waals surface area contributed by atoms with Crippen molar-refractivity contribution in [1.29, 1.82) is 0 Å². The lowest BCUT2D eigenvalue weighted by Gasteiger charge is -2.25. The van der Waals surface area contributed by atoms with Gasteiger partial charge in [0.05, 0.1) is 26.0 Å². The van der Waals surface area contributed by atoms with Crippen molar-refractivity contribution in [2.75, 3.05) is 40.8 Å². The number of nitrogens with zero attached hydrogens (tertiary/aromatic N) is 2. The fraction of sp³-hybridized carbons (Fsp3) is 0.450. The van der Waals surface area contributed by atoms with E-state index in [0.717, 1.165) is 42.5 Å². The molecule has 1 aromatic heterocycles. The molecule has 2 aromatic rings. The van der Waals surface area contributed by atoms with Gasteiger partial charge >= 0.3 is 0 Å². The third-order valence-corrected chi connectivity index (χ3v) is 4.13. The maximum Gasteiger partial charge on any atom is 0.191 e. The molecule has 1 heterocycles. The first-order valence-corrected chi connectivity index (χ1v) is 8.99. The number of para-hydroxylation sites is 1. The van der Waals surface area contributed by atoms with Gasteiger partial charge in [-0.1, -0.05) is 18.2 Å². The van der Waals surface area contributed by atoms with Crippen molar-refractivity contribution in [2.24, 2.45) is 4.99 Å². The highest BCUT2D eigenvalue weighted by Gasteiger charge is 2.18. The number of benzene rings is 1. The summed E-state index contributed by atoms with van der Waals surface area (Å²) in [5.41, 5.74) is 1.13. The summed E-state index contributed by atoms with van der Waals surface area (Å²) in [5, 5.41) is 6.66. The predicted octanol–water partition coefficient (Wildman–Crippen LogP) is 3.31. The van der Waals surface area contributed by atoms with Gasteiger partial charge in [0.25, 0.3) is 0 Å². The van der Waals surface area contributed by atoms with Gasteiger partial charge in [-0.25, -0.2) is 0 Å². The van der Waals surface area contributed by atoms with Crippen LogP contribution in [0.3, 0.4) is 0 Å². The Kier molecular flexibility index (Phi) is 10.9. The summed E-state index contributed by atoms with van der Waals surface area (Å²) >= 11 is 0. The minimum atomic E-state index is 0. The van der Waals surface area contributed by atoms with Crippen LogP contribution in [0, 0.1) is 0 Å². The number of aliphatic imine (C=N–C) groups is 1. The van der Waals surface area contributed by atoms with Gasteiger partial charge in [0.15, 0.2) is 5.96 Å². The van der Waals surface area contributed by atoms with E-state index in [1.54, 1.807) is 13.4 Å². The summed E-state index contributed by atoms with van der Waals surface area (Å²) < 4.78 is 10.9. The number of halogens is 1. The molecule has 1 unspecified atom stereocenters. The topological polar surface area (TPSA) is 62.0 Å². The van der Waals surface area contributed by atoms with Crippen LogP contribution in [0.25, 0.3) is 0 Å². The summed E-state index contributed by atoms with van der Waals surface area (Å²) in [4.78, 5) is 6.93. The van der Waals surface area contributed by atoms with Crippen molar-refractivity contribution in [1.82, 2.24) is 15.5 Å². The number of furan rings is 1. The second kappa shape index (κ2) is 12.6. The van der Waals surface area contributed by atoms with E-state index in [1.165, 1.54) is 0 Å². The molecule has 7 heteroatoms. The summed E-state index contributed by atoms with van der Waals surface area (Å²) in [6, 6.07) is 12.1. The molecule has 27 heavy (non-hydrogen) atoms. The van der Waals surface area contributed by atoms with E-state index in [1.807, 2.05) is 30.3 Å². The monoisotopic (exact) mass is 486 g/mol. The van der Waals surface area contributed by atoms with Crippen LogP contribution in [0.4, 0.5) is 0 Å². The van der Waals surface area contributed by atoms with Crippen molar-refractivity contribution >= 4 is 29.9 Å². The second-order valence-corrected chi connectivity index (χ2v) is 6.20. The normalized spacial score (nSPS) is 12.4. The van der Waals surface area contributed by atoms with Gasteiger partial charge in [-0.05, 0) is 39.2 Å². The number of methoxy groups -OCH3 is 1. The molecule has 0 aliphatic rings. The number of ether oxygens (including phenoxy) is 1. The molecule has 2 N–H and O–H groups in total. The largest absolute Gasteiger partial charge is 0.496 e. The molecule has 0 saturated heterocycles. The Hall–Kier alpha value is -1.74. The Labute approximate surface area is 179 Å². The number of guanidine groups is 1. The molecule has 0 aliphatic carbocycles. The lowest BCUT2D eigenvalue weighted by molar-refractivity contribution is 0.295. The van der Waals surface area contributed by atoms with Crippen molar-refractivity contribution < 1.29 is 9.15 Å². The molecule has 150 valence electrons. The molecule has 0 saturated carbocycles. The molecular formula is C20H31IN4O2. The van der Waals surface area contributed by atoms with Crippen LogP contribution in [0.1, 0.15) is 24.3 Å². The van der Waals surface area contributed by atoms with Crippen molar-refractivity contribution in [3.05, 3.63) is 54.0 Å². The molecule has 1 atom stereocenters. The highest BCUT2D eigenvalue weighted by Crippen LogP contribution is 2.28. The van der Waals surface area contributed by atoms with E-state index in [9.17, 15) is 0 Å². The van der Waals surface area contributed by atoms with E-state index >= 15 is 0 Å². The number of nitrogens with one attached hydrogen (secondary N) is 2. The van der Waals surface area contributed by atoms with Gasteiger partial charge in [0.2, 0.25) is 0 Å². The number of hydrogen-bond donors (Lipinski definition) is 2. The Morgan fingerprint density at radius 2 is 1.96 bits per heavy atom. The van der Waals surface area contributed by atoms with E-state index in [2.05, 4.69) is 42.6 Å². The lowest BCUT2D eigenvalue weighted by atomic mass is 10.0. The SMILES string of the molecule is CCNC(=NCC(c1ccccc1OC)N(C)C)NCCc1ccco1.I. The van der Waals surface area contributed by atoms with E-state index in [0.29, 0.717) is 6.54 Å². The number of likely N-dealkylation sites (N-methyl/N-ethyl adjacent to an activating group) is 1. The Morgan fingerprint density at radius 1 is 1.19 bits per heavy atom. The Bertz CT molecular complexity index is 674. The van der Waals surface area contributed by atoms with Crippen molar-refractivity contribution in [3.8, 4) is 5.75 Å². The van der Waals surface area contributed by atoms with Gasteiger partial charge in [0, 0.05) is 25.1 Å². The number of rotatable bonds is 9. The molecule has 0 radical (unpaired) electrons. The second-order valence-electron chi connectivity index (χ2n) is 6.20. The van der Waals surface area contributed by atoms with Crippen LogP contribution >= 0.6 is 24.0 Å². The summed E-state index contributed by atoms with van der Waals surface area (Å²) in [6.07, 6.45) is 2.52. The molecule has 0 aliphatic heterocycles. The standard InChI is InChI=1S/C20H30N4O2.HI/c1-5-21-20(22-13-12-16-9-8-14-26-16)23-15-18(24(2)3)17-10-6-7-11-19(17)25-4;/h6-11,14,18H,5,12-13,15H2,1-4H3,(H2,21,22,23);1H. The first-order valence-electron chi connectivity index (χ1n) is 8.99. The highest BCUT2D eigenvalue weighted by atomic mass is 127. The predicted molar refractivity (Wildman–Crippen MR) is 121 cm³/mol. The van der Waals surface area contributed by atoms with E-state index < -0.39 is 0 Å². The molecular weight excluding hydrogens is 455 g/mol. The average Bonchev–Trinajstić information content (AvgIpc) is 3.15. The average molecular weight is 486 g/mol. The molecule has 0 amide bonds. The maximum absolute atomic E-state index is 5.52. The van der Waals surface area contributed by atoms with Crippen LogP contribution in [0.2, 0.25) is 0 Å². The van der Waals surface area contributed by atoms with Crippen LogP contribution in [-0.4, -0.2) is 51.7 Å². The fourth-order valence-corrected chi connectivity index (χ4v) is 2.76. The highest BCUT2D eigenvalue weighted by molar-refractivity contribution is 14.0. The summed E-state index contributed by atoms with van der Waals surface area (Å²) in [5.74, 6) is 2.66. The quantitative estimate of drug-likeness (QED) is 0.324. The molecule has 1 aromatic carbocycles. The fourth-order valence-electron chi connectivity index (χ4n) is 2.76. The van der Waals surface area contributed by atoms with Gasteiger partial charge in [-0.15, -0.1) is 24.0 Å². The van der Waals surface area contributed by atoms with Crippen LogP contribution in [-0.2, 0) is 6.42 Å². The van der Waals surface area contributed by atoms with Gasteiger partial charge in [-0.2, -0.15) is 0 Å². The Balaban J connectivity index is 0.00000364. The van der Waals surface area contributed by atoms with Crippen molar-refractivity contribution in [3.63, 3.8) is 0 Å². The van der Waals surface area contributed by atoms with E-state index in [4.69, 9.17) is 14.1 Å². The molecule has 0 bridgehead atoms. The van der Waals surface area contributed by atoms with Gasteiger partial charge < -0.3 is 24.7 Å². The molecule has 2 rings (SSSR count). The Morgan fingerprint density at radius 3 is 2.59 bits per heavy atom. The first kappa shape index (κ1) is 23.3. The molecule has 0 spiro atoms. The summed E-state index contributed by atoms with van der Waals surface area (Å²) in [7, 11) is 5.82. The van der Waals surface area contributed by atoms with E-state index in [-0.39, 0.29) is 30.0 Å². The van der Waals surface area contributed by atoms with Crippen LogP contribution in [0.15, 0.2) is 52.1 Å². The van der Waals surface area contributed by atoms with Crippen LogP contribution < -0.4 is 15.4 Å². The van der Waals surface area contributed by atoms with Crippen LogP contribution in [0.5, 0.6) is 5.75 Å². The molecule has 6 nitrogen and oxygen atoms in total. The zero-order valence-electron chi connectivity index (χ0n) is 16.6. The number of hydrogen-bond acceptors (Lipinski definition) is 4. The molecule has 0 fully saturated rings. The minimum absolute atomic E-state index is 0. The third kappa shape index (κ3) is 7.42. The maximum atomic E-state index is 5.52. The van der Waals surface area contributed by atoms with Crippen molar-refractivity contribution in [2.45, 2.75) is 19.4 Å².